The summed E-state index contributed by atoms with van der Waals surface area (Å²) in [5, 5.41) is 2.97. The zero-order valence-corrected chi connectivity index (χ0v) is 16.8. The molecule has 0 bridgehead atoms. The number of nitrogens with one attached hydrogen (secondary N) is 1. The SMILES string of the molecule is CCOC(=O)Cn1c(C(C)NC(=O)Cc2ccc(OC)cc2)nc2ccccc21. The average Bonchev–Trinajstić information content (AvgIpc) is 3.07. The number of methoxy groups -OCH3 is 1. The van der Waals surface area contributed by atoms with E-state index in [4.69, 9.17) is 9.47 Å². The van der Waals surface area contributed by atoms with E-state index in [-0.39, 0.29) is 30.9 Å². The van der Waals surface area contributed by atoms with Gasteiger partial charge in [0, 0.05) is 0 Å². The minimum Gasteiger partial charge on any atom is -0.497 e. The van der Waals surface area contributed by atoms with Gasteiger partial charge in [0.05, 0.1) is 37.2 Å². The van der Waals surface area contributed by atoms with Gasteiger partial charge < -0.3 is 19.4 Å². The maximum absolute atomic E-state index is 12.5. The summed E-state index contributed by atoms with van der Waals surface area (Å²) in [5.41, 5.74) is 2.48. The van der Waals surface area contributed by atoms with E-state index < -0.39 is 0 Å². The van der Waals surface area contributed by atoms with Crippen LogP contribution in [0.3, 0.4) is 0 Å². The molecule has 7 heteroatoms. The molecule has 0 aliphatic carbocycles. The fourth-order valence-corrected chi connectivity index (χ4v) is 3.21. The Kier molecular flexibility index (Phi) is 6.49. The van der Waals surface area contributed by atoms with Gasteiger partial charge in [-0.15, -0.1) is 0 Å². The minimum atomic E-state index is -0.373. The summed E-state index contributed by atoms with van der Waals surface area (Å²) in [5.74, 6) is 0.892. The van der Waals surface area contributed by atoms with E-state index >= 15 is 0 Å². The van der Waals surface area contributed by atoms with Crippen molar-refractivity contribution < 1.29 is 19.1 Å². The Bertz CT molecular complexity index is 995. The number of carbonyl (C=O) groups excluding carboxylic acids is 2. The quantitative estimate of drug-likeness (QED) is 0.593. The number of imidazole rings is 1. The van der Waals surface area contributed by atoms with Crippen LogP contribution < -0.4 is 10.1 Å². The molecule has 1 atom stereocenters. The van der Waals surface area contributed by atoms with Gasteiger partial charge in [-0.25, -0.2) is 4.98 Å². The maximum atomic E-state index is 12.5. The van der Waals surface area contributed by atoms with Crippen LogP contribution in [0.15, 0.2) is 48.5 Å². The number of rotatable bonds is 8. The molecule has 1 N–H and O–H groups in total. The number of hydrogen-bond acceptors (Lipinski definition) is 5. The number of benzene rings is 2. The summed E-state index contributed by atoms with van der Waals surface area (Å²) in [4.78, 5) is 29.2. The van der Waals surface area contributed by atoms with Crippen molar-refractivity contribution in [2.45, 2.75) is 32.9 Å². The molecule has 0 saturated heterocycles. The van der Waals surface area contributed by atoms with Crippen molar-refractivity contribution in [3.63, 3.8) is 0 Å². The van der Waals surface area contributed by atoms with Gasteiger partial charge in [0.1, 0.15) is 18.1 Å². The lowest BCUT2D eigenvalue weighted by Crippen LogP contribution is -2.30. The fraction of sp³-hybridized carbons (Fsp3) is 0.318. The molecule has 2 aromatic carbocycles. The Morgan fingerprint density at radius 2 is 1.86 bits per heavy atom. The Hall–Kier alpha value is -3.35. The highest BCUT2D eigenvalue weighted by Gasteiger charge is 2.20. The summed E-state index contributed by atoms with van der Waals surface area (Å²) < 4.78 is 12.0. The normalized spacial score (nSPS) is 11.8. The number of hydrogen-bond donors (Lipinski definition) is 1. The molecule has 1 heterocycles. The molecular formula is C22H25N3O4. The van der Waals surface area contributed by atoms with Gasteiger partial charge in [-0.1, -0.05) is 24.3 Å². The van der Waals surface area contributed by atoms with Crippen LogP contribution in [0.1, 0.15) is 31.3 Å². The second-order valence-corrected chi connectivity index (χ2v) is 6.66. The van der Waals surface area contributed by atoms with E-state index in [2.05, 4.69) is 10.3 Å². The number of esters is 1. The Labute approximate surface area is 169 Å². The zero-order valence-electron chi connectivity index (χ0n) is 16.8. The number of nitrogens with zero attached hydrogens (tertiary/aromatic N) is 2. The molecule has 0 spiro atoms. The van der Waals surface area contributed by atoms with Crippen molar-refractivity contribution >= 4 is 22.9 Å². The van der Waals surface area contributed by atoms with E-state index in [1.54, 1.807) is 18.6 Å². The van der Waals surface area contributed by atoms with Crippen LogP contribution in [-0.4, -0.2) is 35.1 Å². The van der Waals surface area contributed by atoms with Crippen molar-refractivity contribution in [1.82, 2.24) is 14.9 Å². The lowest BCUT2D eigenvalue weighted by molar-refractivity contribution is -0.143. The molecule has 1 unspecified atom stereocenters. The van der Waals surface area contributed by atoms with Crippen LogP contribution in [0.4, 0.5) is 0 Å². The van der Waals surface area contributed by atoms with Crippen molar-refractivity contribution in [2.75, 3.05) is 13.7 Å². The summed E-state index contributed by atoms with van der Waals surface area (Å²) in [6.45, 7) is 3.99. The third kappa shape index (κ3) is 4.93. The van der Waals surface area contributed by atoms with Crippen molar-refractivity contribution in [2.24, 2.45) is 0 Å². The molecule has 1 aromatic heterocycles. The average molecular weight is 395 g/mol. The number of fused-ring (bicyclic) bond motifs is 1. The van der Waals surface area contributed by atoms with Gasteiger partial charge in [-0.05, 0) is 43.7 Å². The van der Waals surface area contributed by atoms with E-state index in [1.807, 2.05) is 55.5 Å². The second-order valence-electron chi connectivity index (χ2n) is 6.66. The van der Waals surface area contributed by atoms with Crippen molar-refractivity contribution in [1.29, 1.82) is 0 Å². The van der Waals surface area contributed by atoms with E-state index in [9.17, 15) is 9.59 Å². The van der Waals surface area contributed by atoms with Gasteiger partial charge in [0.25, 0.3) is 0 Å². The van der Waals surface area contributed by atoms with Crippen LogP contribution in [-0.2, 0) is 27.3 Å². The van der Waals surface area contributed by atoms with Crippen LogP contribution in [0.5, 0.6) is 5.75 Å². The number of carbonyl (C=O) groups is 2. The van der Waals surface area contributed by atoms with E-state index in [0.717, 1.165) is 22.3 Å². The highest BCUT2D eigenvalue weighted by molar-refractivity contribution is 5.81. The van der Waals surface area contributed by atoms with Crippen molar-refractivity contribution in [3.05, 3.63) is 59.9 Å². The van der Waals surface area contributed by atoms with Gasteiger partial charge in [0.15, 0.2) is 0 Å². The molecule has 0 saturated carbocycles. The predicted octanol–water partition coefficient (Wildman–Crippen LogP) is 3.03. The van der Waals surface area contributed by atoms with Crippen LogP contribution >= 0.6 is 0 Å². The molecule has 7 nitrogen and oxygen atoms in total. The van der Waals surface area contributed by atoms with Gasteiger partial charge in [-0.2, -0.15) is 0 Å². The number of aromatic nitrogens is 2. The van der Waals surface area contributed by atoms with E-state index in [0.29, 0.717) is 12.4 Å². The second kappa shape index (κ2) is 9.23. The summed E-state index contributed by atoms with van der Waals surface area (Å²) in [6, 6.07) is 14.6. The van der Waals surface area contributed by atoms with Crippen molar-refractivity contribution in [3.8, 4) is 5.75 Å². The largest absolute Gasteiger partial charge is 0.497 e. The van der Waals surface area contributed by atoms with Gasteiger partial charge >= 0.3 is 5.97 Å². The molecule has 0 aliphatic heterocycles. The fourth-order valence-electron chi connectivity index (χ4n) is 3.21. The summed E-state index contributed by atoms with van der Waals surface area (Å²) in [7, 11) is 1.60. The Morgan fingerprint density at radius 1 is 1.14 bits per heavy atom. The molecule has 3 aromatic rings. The number of amides is 1. The molecule has 0 radical (unpaired) electrons. The lowest BCUT2D eigenvalue weighted by atomic mass is 10.1. The first kappa shape index (κ1) is 20.4. The topological polar surface area (TPSA) is 82.5 Å². The van der Waals surface area contributed by atoms with Crippen LogP contribution in [0.2, 0.25) is 0 Å². The van der Waals surface area contributed by atoms with Gasteiger partial charge in [-0.3, -0.25) is 9.59 Å². The third-order valence-electron chi connectivity index (χ3n) is 4.57. The Morgan fingerprint density at radius 3 is 2.55 bits per heavy atom. The molecule has 29 heavy (non-hydrogen) atoms. The highest BCUT2D eigenvalue weighted by Crippen LogP contribution is 2.21. The predicted molar refractivity (Wildman–Crippen MR) is 110 cm³/mol. The van der Waals surface area contributed by atoms with Crippen LogP contribution in [0.25, 0.3) is 11.0 Å². The minimum absolute atomic E-state index is 0.0440. The van der Waals surface area contributed by atoms with Crippen LogP contribution in [0, 0.1) is 0 Å². The summed E-state index contributed by atoms with van der Waals surface area (Å²) >= 11 is 0. The van der Waals surface area contributed by atoms with E-state index in [1.165, 1.54) is 0 Å². The summed E-state index contributed by atoms with van der Waals surface area (Å²) in [6.07, 6.45) is 0.242. The number of ether oxygens (including phenoxy) is 2. The number of para-hydroxylation sites is 2. The lowest BCUT2D eigenvalue weighted by Gasteiger charge is -2.16. The third-order valence-corrected chi connectivity index (χ3v) is 4.57. The smallest absolute Gasteiger partial charge is 0.326 e. The molecule has 0 aliphatic rings. The highest BCUT2D eigenvalue weighted by atomic mass is 16.5. The maximum Gasteiger partial charge on any atom is 0.326 e. The zero-order chi connectivity index (χ0) is 20.8. The molecule has 152 valence electrons. The molecule has 0 fully saturated rings. The standard InChI is InChI=1S/C22H25N3O4/c1-4-29-21(27)14-25-19-8-6-5-7-18(19)24-22(25)15(2)23-20(26)13-16-9-11-17(28-3)12-10-16/h5-12,15H,4,13-14H2,1-3H3,(H,23,26). The Balaban J connectivity index is 1.77. The molecular weight excluding hydrogens is 370 g/mol. The first-order chi connectivity index (χ1) is 14.0. The molecule has 3 rings (SSSR count). The monoisotopic (exact) mass is 395 g/mol. The first-order valence-corrected chi connectivity index (χ1v) is 9.55. The van der Waals surface area contributed by atoms with Gasteiger partial charge in [0.2, 0.25) is 5.91 Å². The first-order valence-electron chi connectivity index (χ1n) is 9.55. The molecule has 1 amide bonds.